The number of benzene rings is 2. The summed E-state index contributed by atoms with van der Waals surface area (Å²) in [5.74, 6) is 0.869. The lowest BCUT2D eigenvalue weighted by Gasteiger charge is -2.43. The van der Waals surface area contributed by atoms with E-state index in [9.17, 15) is 9.90 Å². The van der Waals surface area contributed by atoms with E-state index < -0.39 is 5.60 Å². The van der Waals surface area contributed by atoms with Crippen LogP contribution in [0.5, 0.6) is 5.75 Å². The number of hydrogen-bond donors (Lipinski definition) is 1. The monoisotopic (exact) mass is 579 g/mol. The molecular formula is C27H35BrClN3O4. The van der Waals surface area contributed by atoms with Crippen LogP contribution in [0.4, 0.5) is 4.79 Å². The van der Waals surface area contributed by atoms with E-state index in [0.717, 1.165) is 66.9 Å². The van der Waals surface area contributed by atoms with Crippen molar-refractivity contribution >= 4 is 33.6 Å². The van der Waals surface area contributed by atoms with Crippen molar-refractivity contribution in [1.82, 2.24) is 14.7 Å². The molecule has 2 fully saturated rings. The van der Waals surface area contributed by atoms with Gasteiger partial charge in [0.1, 0.15) is 12.4 Å². The van der Waals surface area contributed by atoms with Gasteiger partial charge in [0.05, 0.1) is 12.2 Å². The van der Waals surface area contributed by atoms with Crippen LogP contribution in [-0.4, -0.2) is 83.9 Å². The molecular weight excluding hydrogens is 546 g/mol. The second kappa shape index (κ2) is 12.6. The molecule has 2 saturated heterocycles. The molecule has 0 aliphatic carbocycles. The molecule has 2 heterocycles. The van der Waals surface area contributed by atoms with Gasteiger partial charge in [0.15, 0.2) is 0 Å². The van der Waals surface area contributed by atoms with Crippen LogP contribution in [0.1, 0.15) is 30.9 Å². The molecule has 0 spiro atoms. The zero-order chi connectivity index (χ0) is 25.5. The van der Waals surface area contributed by atoms with Gasteiger partial charge in [-0.3, -0.25) is 9.80 Å². The average Bonchev–Trinajstić information content (AvgIpc) is 2.87. The summed E-state index contributed by atoms with van der Waals surface area (Å²) in [6, 6.07) is 13.8. The van der Waals surface area contributed by atoms with Crippen molar-refractivity contribution in [2.24, 2.45) is 0 Å². The van der Waals surface area contributed by atoms with E-state index in [0.29, 0.717) is 37.9 Å². The van der Waals surface area contributed by atoms with Gasteiger partial charge in [-0.2, -0.15) is 0 Å². The van der Waals surface area contributed by atoms with Crippen molar-refractivity contribution in [3.05, 3.63) is 63.1 Å². The fourth-order valence-corrected chi connectivity index (χ4v) is 5.33. The molecule has 2 aliphatic rings. The number of aliphatic hydroxyl groups is 1. The number of hydrogen-bond acceptors (Lipinski definition) is 6. The molecule has 9 heteroatoms. The zero-order valence-corrected chi connectivity index (χ0v) is 23.1. The van der Waals surface area contributed by atoms with Crippen LogP contribution in [0.25, 0.3) is 0 Å². The zero-order valence-electron chi connectivity index (χ0n) is 20.8. The molecule has 0 radical (unpaired) electrons. The van der Waals surface area contributed by atoms with Crippen molar-refractivity contribution in [2.75, 3.05) is 52.4 Å². The maximum absolute atomic E-state index is 11.9. The normalized spacial score (nSPS) is 18.7. The second-order valence-corrected chi connectivity index (χ2v) is 11.0. The highest BCUT2D eigenvalue weighted by atomic mass is 79.9. The molecule has 196 valence electrons. The number of likely N-dealkylation sites (tertiary alicyclic amines) is 1. The molecule has 0 bridgehead atoms. The van der Waals surface area contributed by atoms with Gasteiger partial charge in [0, 0.05) is 67.4 Å². The minimum Gasteiger partial charge on any atom is -0.489 e. The molecule has 2 aliphatic heterocycles. The smallest absolute Gasteiger partial charge is 0.409 e. The summed E-state index contributed by atoms with van der Waals surface area (Å²) >= 11 is 9.59. The summed E-state index contributed by atoms with van der Waals surface area (Å²) in [7, 11) is 0. The third-order valence-corrected chi connectivity index (χ3v) is 7.67. The van der Waals surface area contributed by atoms with Gasteiger partial charge < -0.3 is 19.5 Å². The minimum atomic E-state index is -0.701. The topological polar surface area (TPSA) is 65.5 Å². The van der Waals surface area contributed by atoms with Crippen molar-refractivity contribution in [3.63, 3.8) is 0 Å². The van der Waals surface area contributed by atoms with E-state index in [2.05, 4.69) is 31.8 Å². The SMILES string of the molecule is CCOC(=O)N1CCN(CC2(O)CCN(Cc3cc(Br)ccc3OCc3ccc(Cl)cc3)CC2)CC1. The summed E-state index contributed by atoms with van der Waals surface area (Å²) in [5.41, 5.74) is 1.49. The third kappa shape index (κ3) is 7.59. The molecule has 2 aromatic carbocycles. The number of piperidine rings is 1. The van der Waals surface area contributed by atoms with Crippen LogP contribution < -0.4 is 4.74 Å². The molecule has 0 atom stereocenters. The molecule has 1 amide bonds. The fourth-order valence-electron chi connectivity index (χ4n) is 4.80. The van der Waals surface area contributed by atoms with E-state index >= 15 is 0 Å². The Morgan fingerprint density at radius 3 is 2.39 bits per heavy atom. The average molecular weight is 581 g/mol. The largest absolute Gasteiger partial charge is 0.489 e. The Bertz CT molecular complexity index is 1010. The van der Waals surface area contributed by atoms with Crippen LogP contribution in [-0.2, 0) is 17.9 Å². The Hall–Kier alpha value is -1.84. The van der Waals surface area contributed by atoms with Crippen LogP contribution in [0.3, 0.4) is 0 Å². The lowest BCUT2D eigenvalue weighted by molar-refractivity contribution is -0.0531. The van der Waals surface area contributed by atoms with Crippen LogP contribution in [0.15, 0.2) is 46.9 Å². The molecule has 0 unspecified atom stereocenters. The number of nitrogens with zero attached hydrogens (tertiary/aromatic N) is 3. The highest BCUT2D eigenvalue weighted by Crippen LogP contribution is 2.29. The maximum atomic E-state index is 11.9. The van der Waals surface area contributed by atoms with Crippen molar-refractivity contribution in [3.8, 4) is 5.75 Å². The maximum Gasteiger partial charge on any atom is 0.409 e. The van der Waals surface area contributed by atoms with Gasteiger partial charge in [-0.1, -0.05) is 39.7 Å². The van der Waals surface area contributed by atoms with Crippen LogP contribution >= 0.6 is 27.5 Å². The first-order chi connectivity index (χ1) is 17.3. The standard InChI is InChI=1S/C27H35BrClN3O4/c1-2-35-26(33)32-15-13-31(14-16-32)20-27(34)9-11-30(12-10-27)18-22-17-23(28)5-8-25(22)36-19-21-3-6-24(29)7-4-21/h3-8,17,34H,2,9-16,18-20H2,1H3. The number of carbonyl (C=O) groups excluding carboxylic acids is 1. The van der Waals surface area contributed by atoms with Crippen molar-refractivity contribution in [1.29, 1.82) is 0 Å². The lowest BCUT2D eigenvalue weighted by atomic mass is 9.90. The molecule has 4 rings (SSSR count). The van der Waals surface area contributed by atoms with Gasteiger partial charge in [-0.05, 0) is 55.7 Å². The molecule has 1 N–H and O–H groups in total. The van der Waals surface area contributed by atoms with Gasteiger partial charge in [-0.25, -0.2) is 4.79 Å². The molecule has 0 saturated carbocycles. The van der Waals surface area contributed by atoms with Crippen LogP contribution in [0.2, 0.25) is 5.02 Å². The number of β-amino-alcohol motifs (C(OH)–C–C–N with tert-alkyl or cyclic N) is 1. The number of ether oxygens (including phenoxy) is 2. The van der Waals surface area contributed by atoms with Gasteiger partial charge in [-0.15, -0.1) is 0 Å². The molecule has 2 aromatic rings. The predicted octanol–water partition coefficient (Wildman–Crippen LogP) is 4.78. The summed E-state index contributed by atoms with van der Waals surface area (Å²) < 4.78 is 12.3. The highest BCUT2D eigenvalue weighted by Gasteiger charge is 2.35. The highest BCUT2D eigenvalue weighted by molar-refractivity contribution is 9.10. The van der Waals surface area contributed by atoms with Gasteiger partial charge >= 0.3 is 6.09 Å². The number of rotatable bonds is 8. The number of amides is 1. The third-order valence-electron chi connectivity index (χ3n) is 6.93. The van der Waals surface area contributed by atoms with E-state index in [1.807, 2.05) is 43.3 Å². The first-order valence-corrected chi connectivity index (χ1v) is 13.7. The van der Waals surface area contributed by atoms with Crippen LogP contribution in [0, 0.1) is 0 Å². The Balaban J connectivity index is 1.27. The number of piperazine rings is 1. The molecule has 7 nitrogen and oxygen atoms in total. The second-order valence-electron chi connectivity index (χ2n) is 9.63. The first-order valence-electron chi connectivity index (χ1n) is 12.6. The summed E-state index contributed by atoms with van der Waals surface area (Å²) in [4.78, 5) is 18.3. The summed E-state index contributed by atoms with van der Waals surface area (Å²) in [5, 5.41) is 12.0. The Morgan fingerprint density at radius 2 is 1.72 bits per heavy atom. The molecule has 36 heavy (non-hydrogen) atoms. The van der Waals surface area contributed by atoms with E-state index in [1.54, 1.807) is 4.90 Å². The molecule has 0 aromatic heterocycles. The van der Waals surface area contributed by atoms with E-state index in [-0.39, 0.29) is 6.09 Å². The lowest BCUT2D eigenvalue weighted by Crippen LogP contribution is -2.55. The van der Waals surface area contributed by atoms with E-state index in [1.165, 1.54) is 0 Å². The van der Waals surface area contributed by atoms with Gasteiger partial charge in [0.2, 0.25) is 0 Å². The summed E-state index contributed by atoms with van der Waals surface area (Å²) in [6.45, 7) is 8.56. The van der Waals surface area contributed by atoms with E-state index in [4.69, 9.17) is 21.1 Å². The van der Waals surface area contributed by atoms with Crippen molar-refractivity contribution in [2.45, 2.75) is 38.5 Å². The Kier molecular flexibility index (Phi) is 9.52. The number of carbonyl (C=O) groups is 1. The Labute approximate surface area is 227 Å². The fraction of sp³-hybridized carbons (Fsp3) is 0.519. The van der Waals surface area contributed by atoms with Gasteiger partial charge in [0.25, 0.3) is 0 Å². The predicted molar refractivity (Wildman–Crippen MR) is 144 cm³/mol. The first kappa shape index (κ1) is 27.2. The summed E-state index contributed by atoms with van der Waals surface area (Å²) in [6.07, 6.45) is 1.20. The Morgan fingerprint density at radius 1 is 1.03 bits per heavy atom. The number of halogens is 2. The van der Waals surface area contributed by atoms with Crippen molar-refractivity contribution < 1.29 is 19.4 Å². The quantitative estimate of drug-likeness (QED) is 0.485. The minimum absolute atomic E-state index is 0.242.